The highest BCUT2D eigenvalue weighted by Crippen LogP contribution is 2.33. The van der Waals surface area contributed by atoms with E-state index in [1.165, 1.54) is 16.3 Å². The van der Waals surface area contributed by atoms with Gasteiger partial charge in [-0.1, -0.05) is 6.92 Å². The molecule has 0 spiro atoms. The van der Waals surface area contributed by atoms with Gasteiger partial charge in [0.15, 0.2) is 5.13 Å². The predicted molar refractivity (Wildman–Crippen MR) is 73.5 cm³/mol. The molecule has 0 bridgehead atoms. The molecule has 1 atom stereocenters. The van der Waals surface area contributed by atoms with Gasteiger partial charge in [-0.25, -0.2) is 4.98 Å². The SMILES string of the molecule is CCc1nc(-n2ccc3c2CCCC3O)sc1C. The average molecular weight is 262 g/mol. The van der Waals surface area contributed by atoms with E-state index < -0.39 is 0 Å². The molecule has 3 nitrogen and oxygen atoms in total. The zero-order valence-corrected chi connectivity index (χ0v) is 11.6. The van der Waals surface area contributed by atoms with Gasteiger partial charge in [0, 0.05) is 22.3 Å². The topological polar surface area (TPSA) is 38.0 Å². The van der Waals surface area contributed by atoms with Crippen LogP contribution in [0.4, 0.5) is 0 Å². The zero-order valence-electron chi connectivity index (χ0n) is 10.8. The molecule has 0 fully saturated rings. The molecular weight excluding hydrogens is 244 g/mol. The number of rotatable bonds is 2. The third-order valence-electron chi connectivity index (χ3n) is 3.70. The zero-order chi connectivity index (χ0) is 12.7. The van der Waals surface area contributed by atoms with Crippen molar-refractivity contribution >= 4 is 11.3 Å². The largest absolute Gasteiger partial charge is 0.388 e. The van der Waals surface area contributed by atoms with E-state index in [1.54, 1.807) is 11.3 Å². The van der Waals surface area contributed by atoms with Crippen LogP contribution in [0.1, 0.15) is 47.7 Å². The Hall–Kier alpha value is -1.13. The van der Waals surface area contributed by atoms with Crippen molar-refractivity contribution in [1.29, 1.82) is 0 Å². The average Bonchev–Trinajstić information content (AvgIpc) is 2.93. The summed E-state index contributed by atoms with van der Waals surface area (Å²) >= 11 is 1.74. The monoisotopic (exact) mass is 262 g/mol. The molecule has 0 aromatic carbocycles. The van der Waals surface area contributed by atoms with E-state index in [2.05, 4.69) is 24.6 Å². The van der Waals surface area contributed by atoms with E-state index >= 15 is 0 Å². The second-order valence-corrected chi connectivity index (χ2v) is 6.03. The molecule has 1 aliphatic rings. The second-order valence-electron chi connectivity index (χ2n) is 4.85. The smallest absolute Gasteiger partial charge is 0.194 e. The third kappa shape index (κ3) is 1.80. The van der Waals surface area contributed by atoms with Crippen molar-refractivity contribution in [2.24, 2.45) is 0 Å². The van der Waals surface area contributed by atoms with Gasteiger partial charge in [0.25, 0.3) is 0 Å². The van der Waals surface area contributed by atoms with Crippen LogP contribution < -0.4 is 0 Å². The van der Waals surface area contributed by atoms with Gasteiger partial charge in [0.2, 0.25) is 0 Å². The fourth-order valence-electron chi connectivity index (χ4n) is 2.69. The van der Waals surface area contributed by atoms with Gasteiger partial charge in [0.1, 0.15) is 0 Å². The molecular formula is C14H18N2OS. The quantitative estimate of drug-likeness (QED) is 0.902. The number of aryl methyl sites for hydroxylation is 2. The number of aromatic nitrogens is 2. The summed E-state index contributed by atoms with van der Waals surface area (Å²) in [6.07, 6.45) is 5.73. The van der Waals surface area contributed by atoms with Crippen LogP contribution in [0.25, 0.3) is 5.13 Å². The summed E-state index contributed by atoms with van der Waals surface area (Å²) in [7, 11) is 0. The van der Waals surface area contributed by atoms with Crippen molar-refractivity contribution in [1.82, 2.24) is 9.55 Å². The van der Waals surface area contributed by atoms with Gasteiger partial charge in [-0.2, -0.15) is 0 Å². The van der Waals surface area contributed by atoms with Crippen LogP contribution in [-0.4, -0.2) is 14.7 Å². The second kappa shape index (κ2) is 4.52. The molecule has 0 saturated carbocycles. The first-order chi connectivity index (χ1) is 8.70. The Labute approximate surface area is 111 Å². The van der Waals surface area contributed by atoms with E-state index in [-0.39, 0.29) is 6.10 Å². The Morgan fingerprint density at radius 2 is 2.39 bits per heavy atom. The number of aliphatic hydroxyl groups excluding tert-OH is 1. The van der Waals surface area contributed by atoms with Crippen LogP contribution in [0.15, 0.2) is 12.3 Å². The minimum Gasteiger partial charge on any atom is -0.388 e. The maximum absolute atomic E-state index is 10.00. The molecule has 0 aliphatic heterocycles. The van der Waals surface area contributed by atoms with Gasteiger partial charge >= 0.3 is 0 Å². The lowest BCUT2D eigenvalue weighted by molar-refractivity contribution is 0.156. The first kappa shape index (κ1) is 11.9. The van der Waals surface area contributed by atoms with E-state index in [4.69, 9.17) is 4.98 Å². The summed E-state index contributed by atoms with van der Waals surface area (Å²) in [5.74, 6) is 0. The van der Waals surface area contributed by atoms with E-state index in [0.29, 0.717) is 0 Å². The highest BCUT2D eigenvalue weighted by molar-refractivity contribution is 7.14. The number of hydrogen-bond donors (Lipinski definition) is 1. The fraction of sp³-hybridized carbons (Fsp3) is 0.500. The van der Waals surface area contributed by atoms with Crippen LogP contribution in [0.3, 0.4) is 0 Å². The maximum Gasteiger partial charge on any atom is 0.194 e. The molecule has 1 unspecified atom stereocenters. The van der Waals surface area contributed by atoms with Gasteiger partial charge in [-0.15, -0.1) is 11.3 Å². The molecule has 2 heterocycles. The molecule has 1 N–H and O–H groups in total. The lowest BCUT2D eigenvalue weighted by atomic mass is 9.95. The lowest BCUT2D eigenvalue weighted by Gasteiger charge is -2.19. The molecule has 0 radical (unpaired) electrons. The molecule has 4 heteroatoms. The molecule has 0 saturated heterocycles. The molecule has 2 aromatic heterocycles. The molecule has 18 heavy (non-hydrogen) atoms. The van der Waals surface area contributed by atoms with E-state index in [0.717, 1.165) is 36.4 Å². The normalized spacial score (nSPS) is 18.9. The predicted octanol–water partition coefficient (Wildman–Crippen LogP) is 3.17. The third-order valence-corrected chi connectivity index (χ3v) is 4.71. The summed E-state index contributed by atoms with van der Waals surface area (Å²) < 4.78 is 2.16. The summed E-state index contributed by atoms with van der Waals surface area (Å²) in [5.41, 5.74) is 3.52. The summed E-state index contributed by atoms with van der Waals surface area (Å²) in [6, 6.07) is 2.04. The Balaban J connectivity index is 2.06. The van der Waals surface area contributed by atoms with E-state index in [9.17, 15) is 5.11 Å². The fourth-order valence-corrected chi connectivity index (χ4v) is 3.70. The molecule has 3 rings (SSSR count). The van der Waals surface area contributed by atoms with Gasteiger partial charge in [0.05, 0.1) is 11.8 Å². The van der Waals surface area contributed by atoms with Crippen LogP contribution in [-0.2, 0) is 12.8 Å². The van der Waals surface area contributed by atoms with Crippen molar-refractivity contribution in [3.63, 3.8) is 0 Å². The summed E-state index contributed by atoms with van der Waals surface area (Å²) in [5, 5.41) is 11.0. The van der Waals surface area contributed by atoms with Crippen LogP contribution in [0.2, 0.25) is 0 Å². The van der Waals surface area contributed by atoms with Crippen molar-refractivity contribution in [2.45, 2.75) is 45.6 Å². The standard InChI is InChI=1S/C14H18N2OS/c1-3-11-9(2)18-14(15-11)16-8-7-10-12(16)5-4-6-13(10)17/h7-8,13,17H,3-6H2,1-2H3. The number of thiazole rings is 1. The Kier molecular flexibility index (Phi) is 2.99. The van der Waals surface area contributed by atoms with Crippen molar-refractivity contribution in [2.75, 3.05) is 0 Å². The van der Waals surface area contributed by atoms with Gasteiger partial charge < -0.3 is 5.11 Å². The number of hydrogen-bond acceptors (Lipinski definition) is 3. The number of fused-ring (bicyclic) bond motifs is 1. The van der Waals surface area contributed by atoms with E-state index in [1.807, 2.05) is 6.07 Å². The number of nitrogens with zero attached hydrogens (tertiary/aromatic N) is 2. The van der Waals surface area contributed by atoms with Gasteiger partial charge in [-0.05, 0) is 38.7 Å². The molecule has 96 valence electrons. The molecule has 0 amide bonds. The highest BCUT2D eigenvalue weighted by Gasteiger charge is 2.22. The summed E-state index contributed by atoms with van der Waals surface area (Å²) in [6.45, 7) is 4.27. The molecule has 2 aromatic rings. The first-order valence-electron chi connectivity index (χ1n) is 6.55. The minimum atomic E-state index is -0.290. The van der Waals surface area contributed by atoms with Crippen molar-refractivity contribution in [3.05, 3.63) is 34.1 Å². The maximum atomic E-state index is 10.00. The van der Waals surface area contributed by atoms with Crippen molar-refractivity contribution in [3.8, 4) is 5.13 Å². The molecule has 1 aliphatic carbocycles. The van der Waals surface area contributed by atoms with Crippen LogP contribution >= 0.6 is 11.3 Å². The Morgan fingerprint density at radius 3 is 3.11 bits per heavy atom. The Bertz CT molecular complexity index is 570. The van der Waals surface area contributed by atoms with Crippen LogP contribution in [0.5, 0.6) is 0 Å². The minimum absolute atomic E-state index is 0.290. The highest BCUT2D eigenvalue weighted by atomic mass is 32.1. The summed E-state index contributed by atoms with van der Waals surface area (Å²) in [4.78, 5) is 6.00. The van der Waals surface area contributed by atoms with Crippen LogP contribution in [0, 0.1) is 6.92 Å². The lowest BCUT2D eigenvalue weighted by Crippen LogP contribution is -2.10. The number of aliphatic hydroxyl groups is 1. The van der Waals surface area contributed by atoms with Gasteiger partial charge in [-0.3, -0.25) is 4.57 Å². The van der Waals surface area contributed by atoms with Crippen molar-refractivity contribution < 1.29 is 5.11 Å². The Morgan fingerprint density at radius 1 is 1.56 bits per heavy atom. The first-order valence-corrected chi connectivity index (χ1v) is 7.37.